The average Bonchev–Trinajstić information content (AvgIpc) is 2.43. The van der Waals surface area contributed by atoms with Gasteiger partial charge < -0.3 is 14.8 Å². The van der Waals surface area contributed by atoms with E-state index in [4.69, 9.17) is 9.47 Å². The molecule has 5 nitrogen and oxygen atoms in total. The molecule has 100 valence electrons. The lowest BCUT2D eigenvalue weighted by atomic mass is 9.76. The van der Waals surface area contributed by atoms with Crippen LogP contribution >= 0.6 is 0 Å². The molecule has 1 heterocycles. The third-order valence-electron chi connectivity index (χ3n) is 3.77. The third kappa shape index (κ3) is 1.90. The fraction of sp³-hybridized carbons (Fsp3) is 0.429. The standard InChI is InChI=1S/C14H15NO4/c1-18-10-2-3-11-9(6-10)4-5-14(13(11)17)8-19-7-12(16)15-14/h2-3,6H,4-5,7-8H2,1H3,(H,15,16). The zero-order valence-corrected chi connectivity index (χ0v) is 10.7. The van der Waals surface area contributed by atoms with Crippen LogP contribution < -0.4 is 10.1 Å². The number of carbonyl (C=O) groups excluding carboxylic acids is 2. The van der Waals surface area contributed by atoms with E-state index in [2.05, 4.69) is 5.32 Å². The van der Waals surface area contributed by atoms with E-state index in [1.807, 2.05) is 6.07 Å². The fourth-order valence-corrected chi connectivity index (χ4v) is 2.76. The maximum Gasteiger partial charge on any atom is 0.246 e. The molecule has 1 aliphatic carbocycles. The highest BCUT2D eigenvalue weighted by atomic mass is 16.5. The number of hydrogen-bond acceptors (Lipinski definition) is 4. The van der Waals surface area contributed by atoms with E-state index < -0.39 is 5.54 Å². The Morgan fingerprint density at radius 3 is 2.95 bits per heavy atom. The number of hydrogen-bond donors (Lipinski definition) is 1. The molecule has 1 aromatic carbocycles. The summed E-state index contributed by atoms with van der Waals surface area (Å²) in [4.78, 5) is 24.1. The summed E-state index contributed by atoms with van der Waals surface area (Å²) in [5.41, 5.74) is 0.740. The highest BCUT2D eigenvalue weighted by Gasteiger charge is 2.46. The zero-order chi connectivity index (χ0) is 13.5. The van der Waals surface area contributed by atoms with Crippen LogP contribution in [0.25, 0.3) is 0 Å². The van der Waals surface area contributed by atoms with Crippen LogP contribution in [0.2, 0.25) is 0 Å². The summed E-state index contributed by atoms with van der Waals surface area (Å²) in [5.74, 6) is 0.451. The van der Waals surface area contributed by atoms with Crippen molar-refractivity contribution in [1.29, 1.82) is 0 Å². The van der Waals surface area contributed by atoms with Gasteiger partial charge in [0.1, 0.15) is 17.9 Å². The second-order valence-corrected chi connectivity index (χ2v) is 4.98. The minimum Gasteiger partial charge on any atom is -0.497 e. The van der Waals surface area contributed by atoms with Crippen molar-refractivity contribution in [3.05, 3.63) is 29.3 Å². The molecule has 1 atom stereocenters. The van der Waals surface area contributed by atoms with Gasteiger partial charge in [-0.05, 0) is 36.6 Å². The average molecular weight is 261 g/mol. The van der Waals surface area contributed by atoms with Gasteiger partial charge in [-0.1, -0.05) is 0 Å². The van der Waals surface area contributed by atoms with Crippen molar-refractivity contribution in [2.45, 2.75) is 18.4 Å². The first-order valence-electron chi connectivity index (χ1n) is 6.25. The minimum atomic E-state index is -0.878. The van der Waals surface area contributed by atoms with Gasteiger partial charge >= 0.3 is 0 Å². The normalized spacial score (nSPS) is 25.9. The van der Waals surface area contributed by atoms with Crippen LogP contribution in [0.3, 0.4) is 0 Å². The Balaban J connectivity index is 1.98. The monoisotopic (exact) mass is 261 g/mol. The van der Waals surface area contributed by atoms with Crippen molar-refractivity contribution in [3.8, 4) is 5.75 Å². The van der Waals surface area contributed by atoms with Crippen LogP contribution in [-0.4, -0.2) is 37.6 Å². The Bertz CT molecular complexity index is 554. The van der Waals surface area contributed by atoms with E-state index in [1.165, 1.54) is 0 Å². The highest BCUT2D eigenvalue weighted by molar-refractivity contribution is 6.07. The van der Waals surface area contributed by atoms with E-state index in [-0.39, 0.29) is 24.9 Å². The Kier molecular flexibility index (Phi) is 2.78. The predicted molar refractivity (Wildman–Crippen MR) is 67.3 cm³/mol. The number of amides is 1. The molecular weight excluding hydrogens is 246 g/mol. The molecule has 1 saturated heterocycles. The van der Waals surface area contributed by atoms with Gasteiger partial charge in [0.05, 0.1) is 13.7 Å². The molecule has 1 unspecified atom stereocenters. The second-order valence-electron chi connectivity index (χ2n) is 4.98. The lowest BCUT2D eigenvalue weighted by Gasteiger charge is -2.39. The quantitative estimate of drug-likeness (QED) is 0.808. The number of carbonyl (C=O) groups is 2. The Hall–Kier alpha value is -1.88. The second kappa shape index (κ2) is 4.35. The summed E-state index contributed by atoms with van der Waals surface area (Å²) >= 11 is 0. The van der Waals surface area contributed by atoms with Crippen LogP contribution in [0.15, 0.2) is 18.2 Å². The zero-order valence-electron chi connectivity index (χ0n) is 10.7. The van der Waals surface area contributed by atoms with Crippen molar-refractivity contribution in [3.63, 3.8) is 0 Å². The molecule has 0 radical (unpaired) electrons. The van der Waals surface area contributed by atoms with Gasteiger partial charge in [-0.25, -0.2) is 0 Å². The molecule has 1 aromatic rings. The number of aryl methyl sites for hydroxylation is 1. The summed E-state index contributed by atoms with van der Waals surface area (Å²) in [7, 11) is 1.60. The number of nitrogens with one attached hydrogen (secondary N) is 1. The van der Waals surface area contributed by atoms with Gasteiger partial charge in [0.2, 0.25) is 5.91 Å². The van der Waals surface area contributed by atoms with Gasteiger partial charge in [-0.15, -0.1) is 0 Å². The lowest BCUT2D eigenvalue weighted by molar-refractivity contribution is -0.134. The molecule has 0 aromatic heterocycles. The van der Waals surface area contributed by atoms with Gasteiger partial charge in [-0.2, -0.15) is 0 Å². The smallest absolute Gasteiger partial charge is 0.246 e. The number of ketones is 1. The maximum atomic E-state index is 12.6. The number of methoxy groups -OCH3 is 1. The molecule has 2 aliphatic rings. The van der Waals surface area contributed by atoms with Crippen LogP contribution in [0.5, 0.6) is 5.75 Å². The van der Waals surface area contributed by atoms with Gasteiger partial charge in [-0.3, -0.25) is 9.59 Å². The molecule has 1 spiro atoms. The first-order valence-corrected chi connectivity index (χ1v) is 6.25. The molecule has 1 N–H and O–H groups in total. The van der Waals surface area contributed by atoms with Crippen LogP contribution in [-0.2, 0) is 16.0 Å². The van der Waals surface area contributed by atoms with Crippen molar-refractivity contribution in [2.75, 3.05) is 20.3 Å². The Morgan fingerprint density at radius 1 is 1.37 bits per heavy atom. The minimum absolute atomic E-state index is 0.0322. The Labute approximate surface area is 110 Å². The molecule has 1 aliphatic heterocycles. The van der Waals surface area contributed by atoms with Crippen molar-refractivity contribution >= 4 is 11.7 Å². The fourth-order valence-electron chi connectivity index (χ4n) is 2.76. The van der Waals surface area contributed by atoms with Crippen LogP contribution in [0, 0.1) is 0 Å². The first-order chi connectivity index (χ1) is 9.14. The van der Waals surface area contributed by atoms with Crippen LogP contribution in [0.1, 0.15) is 22.3 Å². The molecule has 0 saturated carbocycles. The molecular formula is C14H15NO4. The number of benzene rings is 1. The largest absolute Gasteiger partial charge is 0.497 e. The summed E-state index contributed by atoms with van der Waals surface area (Å²) in [5, 5.41) is 2.81. The van der Waals surface area contributed by atoms with E-state index in [9.17, 15) is 9.59 Å². The van der Waals surface area contributed by atoms with Crippen molar-refractivity contribution in [2.24, 2.45) is 0 Å². The van der Waals surface area contributed by atoms with E-state index >= 15 is 0 Å². The topological polar surface area (TPSA) is 64.6 Å². The molecule has 5 heteroatoms. The maximum absolute atomic E-state index is 12.6. The summed E-state index contributed by atoms with van der Waals surface area (Å²) < 4.78 is 10.4. The number of morpholine rings is 1. The first kappa shape index (κ1) is 12.2. The molecule has 0 bridgehead atoms. The van der Waals surface area contributed by atoms with E-state index in [1.54, 1.807) is 19.2 Å². The van der Waals surface area contributed by atoms with Crippen molar-refractivity contribution in [1.82, 2.24) is 5.32 Å². The molecule has 3 rings (SSSR count). The highest BCUT2D eigenvalue weighted by Crippen LogP contribution is 2.32. The number of ether oxygens (including phenoxy) is 2. The number of fused-ring (bicyclic) bond motifs is 1. The van der Waals surface area contributed by atoms with Gasteiger partial charge in [0, 0.05) is 5.56 Å². The van der Waals surface area contributed by atoms with Gasteiger partial charge in [0.25, 0.3) is 0 Å². The number of rotatable bonds is 1. The van der Waals surface area contributed by atoms with Crippen molar-refractivity contribution < 1.29 is 19.1 Å². The summed E-state index contributed by atoms with van der Waals surface area (Å²) in [6.45, 7) is 0.285. The Morgan fingerprint density at radius 2 is 2.21 bits per heavy atom. The SMILES string of the molecule is COc1ccc2c(c1)CCC1(COCC(=O)N1)C2=O. The lowest BCUT2D eigenvalue weighted by Crippen LogP contribution is -2.63. The summed E-state index contributed by atoms with van der Waals surface area (Å²) in [6, 6.07) is 5.41. The van der Waals surface area contributed by atoms with E-state index in [0.717, 1.165) is 17.7 Å². The van der Waals surface area contributed by atoms with Gasteiger partial charge in [0.15, 0.2) is 5.78 Å². The van der Waals surface area contributed by atoms with Crippen LogP contribution in [0.4, 0.5) is 0 Å². The molecule has 1 amide bonds. The van der Waals surface area contributed by atoms with E-state index in [0.29, 0.717) is 12.0 Å². The number of Topliss-reactive ketones (excluding diaryl/α,β-unsaturated/α-hetero) is 1. The molecule has 1 fully saturated rings. The predicted octanol–water partition coefficient (Wildman–Crippen LogP) is 0.709. The summed E-state index contributed by atoms with van der Waals surface area (Å²) in [6.07, 6.45) is 1.29. The molecule has 19 heavy (non-hydrogen) atoms. The third-order valence-corrected chi connectivity index (χ3v) is 3.77.